The average molecular weight is 221 g/mol. The van der Waals surface area contributed by atoms with E-state index in [2.05, 4.69) is 20.9 Å². The van der Waals surface area contributed by atoms with Crippen molar-refractivity contribution in [3.63, 3.8) is 0 Å². The third kappa shape index (κ3) is 1.68. The van der Waals surface area contributed by atoms with Crippen molar-refractivity contribution < 1.29 is 0 Å². The van der Waals surface area contributed by atoms with Crippen LogP contribution in [0.25, 0.3) is 0 Å². The van der Waals surface area contributed by atoms with Gasteiger partial charge in [0.15, 0.2) is 0 Å². The third-order valence-electron chi connectivity index (χ3n) is 1.12. The SMILES string of the molecule is NCc1cc(Cl)ncc1Br. The van der Waals surface area contributed by atoms with Crippen LogP contribution in [-0.2, 0) is 6.54 Å². The maximum Gasteiger partial charge on any atom is 0.129 e. The van der Waals surface area contributed by atoms with Gasteiger partial charge in [0.1, 0.15) is 5.15 Å². The number of nitrogens with zero attached hydrogens (tertiary/aromatic N) is 1. The summed E-state index contributed by atoms with van der Waals surface area (Å²) in [6.07, 6.45) is 1.64. The lowest BCUT2D eigenvalue weighted by atomic mass is 10.3. The minimum Gasteiger partial charge on any atom is -0.326 e. The van der Waals surface area contributed by atoms with E-state index < -0.39 is 0 Å². The van der Waals surface area contributed by atoms with E-state index in [1.807, 2.05) is 0 Å². The molecule has 0 unspecified atom stereocenters. The van der Waals surface area contributed by atoms with E-state index in [1.165, 1.54) is 0 Å². The zero-order chi connectivity index (χ0) is 7.56. The number of rotatable bonds is 1. The Morgan fingerprint density at radius 1 is 1.70 bits per heavy atom. The number of pyridine rings is 1. The lowest BCUT2D eigenvalue weighted by Crippen LogP contribution is -1.97. The molecule has 0 spiro atoms. The van der Waals surface area contributed by atoms with Crippen molar-refractivity contribution in [2.24, 2.45) is 5.73 Å². The van der Waals surface area contributed by atoms with Crippen molar-refractivity contribution in [3.8, 4) is 0 Å². The van der Waals surface area contributed by atoms with Crippen molar-refractivity contribution >= 4 is 27.5 Å². The van der Waals surface area contributed by atoms with Gasteiger partial charge in [0.25, 0.3) is 0 Å². The molecule has 1 aromatic heterocycles. The summed E-state index contributed by atoms with van der Waals surface area (Å²) in [6, 6.07) is 1.74. The van der Waals surface area contributed by atoms with Gasteiger partial charge < -0.3 is 5.73 Å². The second kappa shape index (κ2) is 3.32. The zero-order valence-electron chi connectivity index (χ0n) is 5.14. The van der Waals surface area contributed by atoms with E-state index in [0.717, 1.165) is 10.0 Å². The van der Waals surface area contributed by atoms with Crippen molar-refractivity contribution in [2.75, 3.05) is 0 Å². The first-order valence-electron chi connectivity index (χ1n) is 2.74. The summed E-state index contributed by atoms with van der Waals surface area (Å²) < 4.78 is 0.902. The van der Waals surface area contributed by atoms with Gasteiger partial charge in [-0.15, -0.1) is 0 Å². The summed E-state index contributed by atoms with van der Waals surface area (Å²) in [5, 5.41) is 0.476. The summed E-state index contributed by atoms with van der Waals surface area (Å²) in [4.78, 5) is 3.85. The largest absolute Gasteiger partial charge is 0.326 e. The quantitative estimate of drug-likeness (QED) is 0.736. The van der Waals surface area contributed by atoms with E-state index >= 15 is 0 Å². The predicted molar refractivity (Wildman–Crippen MR) is 44.8 cm³/mol. The van der Waals surface area contributed by atoms with Gasteiger partial charge in [-0.1, -0.05) is 11.6 Å². The van der Waals surface area contributed by atoms with E-state index in [9.17, 15) is 0 Å². The Balaban J connectivity index is 3.09. The highest BCUT2D eigenvalue weighted by Crippen LogP contribution is 2.17. The molecular weight excluding hydrogens is 215 g/mol. The number of aromatic nitrogens is 1. The number of nitrogens with two attached hydrogens (primary N) is 1. The maximum atomic E-state index is 5.61. The Bertz CT molecular complexity index is 239. The standard InChI is InChI=1S/C6H6BrClN2/c7-5-3-10-6(8)1-4(5)2-9/h1,3H,2,9H2. The summed E-state index contributed by atoms with van der Waals surface area (Å²) >= 11 is 8.90. The average Bonchev–Trinajstić information content (AvgIpc) is 1.94. The van der Waals surface area contributed by atoms with E-state index in [1.54, 1.807) is 12.3 Å². The summed E-state index contributed by atoms with van der Waals surface area (Å²) in [6.45, 7) is 0.475. The molecule has 0 fully saturated rings. The highest BCUT2D eigenvalue weighted by Gasteiger charge is 1.97. The van der Waals surface area contributed by atoms with Crippen LogP contribution in [0.4, 0.5) is 0 Å². The molecule has 10 heavy (non-hydrogen) atoms. The predicted octanol–water partition coefficient (Wildman–Crippen LogP) is 1.96. The van der Waals surface area contributed by atoms with Crippen LogP contribution in [0.3, 0.4) is 0 Å². The number of hydrogen-bond donors (Lipinski definition) is 1. The van der Waals surface area contributed by atoms with Crippen LogP contribution in [0, 0.1) is 0 Å². The number of hydrogen-bond acceptors (Lipinski definition) is 2. The monoisotopic (exact) mass is 220 g/mol. The van der Waals surface area contributed by atoms with Gasteiger partial charge in [-0.05, 0) is 27.6 Å². The van der Waals surface area contributed by atoms with Crippen LogP contribution in [0.5, 0.6) is 0 Å². The Morgan fingerprint density at radius 2 is 2.40 bits per heavy atom. The van der Waals surface area contributed by atoms with E-state index in [0.29, 0.717) is 11.7 Å². The molecule has 2 N–H and O–H groups in total. The number of halogens is 2. The molecule has 0 radical (unpaired) electrons. The summed E-state index contributed by atoms with van der Waals surface area (Å²) in [7, 11) is 0. The molecule has 0 aliphatic heterocycles. The third-order valence-corrected chi connectivity index (χ3v) is 2.04. The van der Waals surface area contributed by atoms with Crippen LogP contribution >= 0.6 is 27.5 Å². The normalized spacial score (nSPS) is 9.90. The first-order valence-corrected chi connectivity index (χ1v) is 3.91. The molecule has 0 amide bonds. The zero-order valence-corrected chi connectivity index (χ0v) is 7.48. The topological polar surface area (TPSA) is 38.9 Å². The second-order valence-electron chi connectivity index (χ2n) is 1.80. The van der Waals surface area contributed by atoms with Crippen molar-refractivity contribution in [1.82, 2.24) is 4.98 Å². The van der Waals surface area contributed by atoms with Gasteiger partial charge in [0.05, 0.1) is 0 Å². The molecule has 2 nitrogen and oxygen atoms in total. The van der Waals surface area contributed by atoms with Gasteiger partial charge in [-0.3, -0.25) is 0 Å². The van der Waals surface area contributed by atoms with Crippen molar-refractivity contribution in [2.45, 2.75) is 6.54 Å². The first-order chi connectivity index (χ1) is 4.74. The van der Waals surface area contributed by atoms with Crippen molar-refractivity contribution in [3.05, 3.63) is 27.5 Å². The molecule has 0 bridgehead atoms. The fourth-order valence-electron chi connectivity index (χ4n) is 0.608. The molecule has 1 aromatic rings. The van der Waals surface area contributed by atoms with Gasteiger partial charge in [0.2, 0.25) is 0 Å². The van der Waals surface area contributed by atoms with Crippen LogP contribution in [0.1, 0.15) is 5.56 Å². The minimum atomic E-state index is 0.475. The minimum absolute atomic E-state index is 0.475. The molecular formula is C6H6BrClN2. The summed E-state index contributed by atoms with van der Waals surface area (Å²) in [5.74, 6) is 0. The maximum absolute atomic E-state index is 5.61. The van der Waals surface area contributed by atoms with Crippen molar-refractivity contribution in [1.29, 1.82) is 0 Å². The van der Waals surface area contributed by atoms with Gasteiger partial charge >= 0.3 is 0 Å². The fraction of sp³-hybridized carbons (Fsp3) is 0.167. The highest BCUT2D eigenvalue weighted by atomic mass is 79.9. The fourth-order valence-corrected chi connectivity index (χ4v) is 1.17. The molecule has 0 atom stereocenters. The lowest BCUT2D eigenvalue weighted by molar-refractivity contribution is 1.05. The molecule has 1 heterocycles. The van der Waals surface area contributed by atoms with Crippen LogP contribution in [0.15, 0.2) is 16.7 Å². The Hall–Kier alpha value is -0.120. The van der Waals surface area contributed by atoms with Gasteiger partial charge in [-0.25, -0.2) is 4.98 Å². The lowest BCUT2D eigenvalue weighted by Gasteiger charge is -1.98. The second-order valence-corrected chi connectivity index (χ2v) is 3.04. The van der Waals surface area contributed by atoms with Gasteiger partial charge in [0, 0.05) is 17.2 Å². The molecule has 1 rings (SSSR count). The molecule has 0 saturated carbocycles. The molecule has 4 heteroatoms. The first kappa shape index (κ1) is 7.98. The molecule has 0 aromatic carbocycles. The van der Waals surface area contributed by atoms with E-state index in [-0.39, 0.29) is 0 Å². The van der Waals surface area contributed by atoms with Crippen LogP contribution in [-0.4, -0.2) is 4.98 Å². The molecule has 0 saturated heterocycles. The Labute approximate surface area is 72.5 Å². The van der Waals surface area contributed by atoms with Crippen LogP contribution in [0.2, 0.25) is 5.15 Å². The highest BCUT2D eigenvalue weighted by molar-refractivity contribution is 9.10. The summed E-state index contributed by atoms with van der Waals surface area (Å²) in [5.41, 5.74) is 6.38. The van der Waals surface area contributed by atoms with E-state index in [4.69, 9.17) is 17.3 Å². The Morgan fingerprint density at radius 3 is 2.90 bits per heavy atom. The molecule has 0 aliphatic rings. The smallest absolute Gasteiger partial charge is 0.129 e. The molecule has 54 valence electrons. The van der Waals surface area contributed by atoms with Gasteiger partial charge in [-0.2, -0.15) is 0 Å². The Kier molecular flexibility index (Phi) is 2.65. The molecule has 0 aliphatic carbocycles. The van der Waals surface area contributed by atoms with Crippen LogP contribution < -0.4 is 5.73 Å².